The minimum absolute atomic E-state index is 0.0738. The van der Waals surface area contributed by atoms with Crippen LogP contribution in [0, 0.1) is 5.92 Å². The molecular weight excluding hydrogens is 484 g/mol. The largest absolute Gasteiger partial charge is 0.485 e. The highest BCUT2D eigenvalue weighted by Gasteiger charge is 2.73. The fraction of sp³-hybridized carbons (Fsp3) is 0.452. The van der Waals surface area contributed by atoms with Gasteiger partial charge in [-0.25, -0.2) is 0 Å². The summed E-state index contributed by atoms with van der Waals surface area (Å²) in [5, 5.41) is 18.7. The number of amides is 1. The van der Waals surface area contributed by atoms with Crippen molar-refractivity contribution in [2.45, 2.75) is 67.7 Å². The second-order valence-electron chi connectivity index (χ2n) is 11.9. The molecule has 5 nitrogen and oxygen atoms in total. The lowest BCUT2D eigenvalue weighted by Crippen LogP contribution is -2.78. The summed E-state index contributed by atoms with van der Waals surface area (Å²) in [6.45, 7) is 2.02. The normalized spacial score (nSPS) is 33.6. The van der Waals surface area contributed by atoms with Crippen molar-refractivity contribution in [3.05, 3.63) is 76.3 Å². The Labute approximate surface area is 221 Å². The Kier molecular flexibility index (Phi) is 4.67. The molecule has 6 heteroatoms. The van der Waals surface area contributed by atoms with Crippen molar-refractivity contribution in [2.24, 2.45) is 5.92 Å². The van der Waals surface area contributed by atoms with Crippen LogP contribution in [0.5, 0.6) is 5.75 Å². The number of rotatable bonds is 4. The van der Waals surface area contributed by atoms with Crippen molar-refractivity contribution in [1.82, 2.24) is 10.2 Å². The third kappa shape index (κ3) is 3.02. The maximum atomic E-state index is 13.5. The summed E-state index contributed by atoms with van der Waals surface area (Å²) in [6, 6.07) is 17.9. The lowest BCUT2D eigenvalue weighted by Gasteiger charge is -2.64. The molecule has 2 bridgehead atoms. The fourth-order valence-corrected chi connectivity index (χ4v) is 8.40. The van der Waals surface area contributed by atoms with Crippen LogP contribution in [0.15, 0.2) is 54.6 Å². The second kappa shape index (κ2) is 7.72. The molecule has 8 rings (SSSR count). The summed E-state index contributed by atoms with van der Waals surface area (Å²) in [5.74, 6) is 1.40. The molecule has 5 aliphatic rings. The molecule has 2 heterocycles. The van der Waals surface area contributed by atoms with Gasteiger partial charge in [0.1, 0.15) is 11.9 Å². The number of benzene rings is 3. The van der Waals surface area contributed by atoms with E-state index in [0.717, 1.165) is 53.9 Å². The van der Waals surface area contributed by atoms with Crippen LogP contribution in [0.25, 0.3) is 10.8 Å². The Morgan fingerprint density at radius 3 is 2.76 bits per heavy atom. The van der Waals surface area contributed by atoms with Gasteiger partial charge in [-0.05, 0) is 85.5 Å². The maximum absolute atomic E-state index is 13.5. The first-order chi connectivity index (χ1) is 18.0. The Morgan fingerprint density at radius 2 is 1.92 bits per heavy atom. The first-order valence-electron chi connectivity index (χ1n) is 13.7. The molecule has 5 atom stereocenters. The van der Waals surface area contributed by atoms with E-state index in [0.29, 0.717) is 23.4 Å². The number of carbonyl (C=O) groups is 1. The molecule has 2 N–H and O–H groups in total. The van der Waals surface area contributed by atoms with E-state index in [9.17, 15) is 9.90 Å². The summed E-state index contributed by atoms with van der Waals surface area (Å²) < 4.78 is 6.70. The predicted molar refractivity (Wildman–Crippen MR) is 143 cm³/mol. The molecule has 3 fully saturated rings. The number of ether oxygens (including phenoxy) is 1. The number of hydrogen-bond donors (Lipinski definition) is 2. The highest BCUT2D eigenvalue weighted by Crippen LogP contribution is 2.65. The first kappa shape index (κ1) is 22.4. The zero-order valence-corrected chi connectivity index (χ0v) is 21.5. The van der Waals surface area contributed by atoms with E-state index in [-0.39, 0.29) is 24.1 Å². The van der Waals surface area contributed by atoms with Crippen molar-refractivity contribution < 1.29 is 14.6 Å². The zero-order valence-electron chi connectivity index (χ0n) is 20.8. The van der Waals surface area contributed by atoms with Crippen LogP contribution >= 0.6 is 11.6 Å². The van der Waals surface area contributed by atoms with E-state index in [2.05, 4.69) is 22.3 Å². The molecular formula is C31H31ClN2O3. The number of carbonyl (C=O) groups excluding carboxylic acids is 1. The van der Waals surface area contributed by atoms with Crippen LogP contribution in [-0.2, 0) is 11.8 Å². The molecule has 37 heavy (non-hydrogen) atoms. The minimum atomic E-state index is -0.891. The molecule has 3 aromatic carbocycles. The number of aliphatic hydroxyl groups is 1. The summed E-state index contributed by atoms with van der Waals surface area (Å²) >= 11 is 6.70. The van der Waals surface area contributed by atoms with Gasteiger partial charge in [-0.15, -0.1) is 0 Å². The van der Waals surface area contributed by atoms with Crippen LogP contribution < -0.4 is 10.1 Å². The van der Waals surface area contributed by atoms with Crippen molar-refractivity contribution in [3.8, 4) is 5.75 Å². The molecule has 1 saturated heterocycles. The number of hydrogen-bond acceptors (Lipinski definition) is 4. The highest BCUT2D eigenvalue weighted by molar-refractivity contribution is 6.32. The number of halogens is 1. The lowest BCUT2D eigenvalue weighted by molar-refractivity contribution is -0.191. The Balaban J connectivity index is 1.17. The van der Waals surface area contributed by atoms with Gasteiger partial charge >= 0.3 is 0 Å². The molecule has 1 unspecified atom stereocenters. The van der Waals surface area contributed by atoms with E-state index >= 15 is 0 Å². The van der Waals surface area contributed by atoms with E-state index in [1.165, 1.54) is 18.4 Å². The molecule has 0 radical (unpaired) electrons. The Morgan fingerprint density at radius 1 is 1.08 bits per heavy atom. The number of likely N-dealkylation sites (tertiary alicyclic amines) is 1. The van der Waals surface area contributed by atoms with Gasteiger partial charge in [0.15, 0.2) is 0 Å². The third-order valence-electron chi connectivity index (χ3n) is 10.1. The average molecular weight is 515 g/mol. The van der Waals surface area contributed by atoms with Gasteiger partial charge in [0, 0.05) is 23.7 Å². The van der Waals surface area contributed by atoms with Crippen LogP contribution in [0.4, 0.5) is 0 Å². The fourth-order valence-electron chi connectivity index (χ4n) is 8.19. The molecule has 2 saturated carbocycles. The van der Waals surface area contributed by atoms with Crippen LogP contribution in [-0.4, -0.2) is 52.8 Å². The lowest BCUT2D eigenvalue weighted by atomic mass is 9.48. The third-order valence-corrected chi connectivity index (χ3v) is 10.4. The van der Waals surface area contributed by atoms with Crippen molar-refractivity contribution >= 4 is 28.3 Å². The van der Waals surface area contributed by atoms with E-state index < -0.39 is 11.0 Å². The SMILES string of the molecule is O=C(N[C@@H]1CC[C@@]2(O)C3Cc4ccc(Cl)c5c4[C@@]2(CCN3CC2CC2)[C@H]1O5)c1ccc2ccccc2c1. The number of fused-ring (bicyclic) bond motifs is 1. The molecule has 3 aromatic rings. The van der Waals surface area contributed by atoms with Crippen molar-refractivity contribution in [1.29, 1.82) is 0 Å². The highest BCUT2D eigenvalue weighted by atomic mass is 35.5. The summed E-state index contributed by atoms with van der Waals surface area (Å²) in [4.78, 5) is 16.1. The van der Waals surface area contributed by atoms with E-state index in [1.54, 1.807) is 0 Å². The van der Waals surface area contributed by atoms with Gasteiger partial charge in [0.05, 0.1) is 22.1 Å². The predicted octanol–water partition coefficient (Wildman–Crippen LogP) is 4.86. The maximum Gasteiger partial charge on any atom is 0.251 e. The van der Waals surface area contributed by atoms with Crippen molar-refractivity contribution in [2.75, 3.05) is 13.1 Å². The van der Waals surface area contributed by atoms with Gasteiger partial charge < -0.3 is 15.2 Å². The van der Waals surface area contributed by atoms with Gasteiger partial charge in [-0.1, -0.05) is 48.0 Å². The minimum Gasteiger partial charge on any atom is -0.485 e. The number of nitrogens with zero attached hydrogens (tertiary/aromatic N) is 1. The molecule has 1 spiro atoms. The number of nitrogens with one attached hydrogen (secondary N) is 1. The van der Waals surface area contributed by atoms with E-state index in [1.807, 2.05) is 42.5 Å². The first-order valence-corrected chi connectivity index (χ1v) is 14.1. The topological polar surface area (TPSA) is 61.8 Å². The quantitative estimate of drug-likeness (QED) is 0.522. The van der Waals surface area contributed by atoms with Gasteiger partial charge in [-0.3, -0.25) is 9.69 Å². The number of piperidine rings is 1. The Hall–Kier alpha value is -2.60. The van der Waals surface area contributed by atoms with Crippen LogP contribution in [0.1, 0.15) is 53.6 Å². The van der Waals surface area contributed by atoms with E-state index in [4.69, 9.17) is 16.3 Å². The van der Waals surface area contributed by atoms with Gasteiger partial charge in [0.2, 0.25) is 0 Å². The molecule has 3 aliphatic carbocycles. The molecule has 190 valence electrons. The smallest absolute Gasteiger partial charge is 0.251 e. The Bertz CT molecular complexity index is 1450. The van der Waals surface area contributed by atoms with Gasteiger partial charge in [-0.2, -0.15) is 0 Å². The average Bonchev–Trinajstić information content (AvgIpc) is 3.65. The zero-order chi connectivity index (χ0) is 24.9. The molecule has 1 amide bonds. The summed E-state index contributed by atoms with van der Waals surface area (Å²) in [7, 11) is 0. The monoisotopic (exact) mass is 514 g/mol. The van der Waals surface area contributed by atoms with Crippen LogP contribution in [0.2, 0.25) is 5.02 Å². The molecule has 2 aliphatic heterocycles. The summed E-state index contributed by atoms with van der Waals surface area (Å²) in [5.41, 5.74) is 1.56. The molecule has 0 aromatic heterocycles. The van der Waals surface area contributed by atoms with Crippen molar-refractivity contribution in [3.63, 3.8) is 0 Å². The van der Waals surface area contributed by atoms with Gasteiger partial charge in [0.25, 0.3) is 5.91 Å². The standard InChI is InChI=1S/C31H31ClN2O3/c32-23-10-9-21-16-25-31(36)12-11-24(33-29(35)22-8-7-19-3-1-2-4-20(19)15-22)28-30(31,26(21)27(23)37-28)13-14-34(25)17-18-5-6-18/h1-4,7-10,15,18,24-25,28,36H,5-6,11-14,16-17H2,(H,33,35)/t24-,25?,28+,30+,31-/m1/s1. The van der Waals surface area contributed by atoms with Crippen LogP contribution in [0.3, 0.4) is 0 Å². The summed E-state index contributed by atoms with van der Waals surface area (Å²) in [6.07, 6.45) is 5.24. The second-order valence-corrected chi connectivity index (χ2v) is 12.3.